The Labute approximate surface area is 150 Å². The predicted molar refractivity (Wildman–Crippen MR) is 110 cm³/mol. The van der Waals surface area contributed by atoms with E-state index in [9.17, 15) is 0 Å². The van der Waals surface area contributed by atoms with E-state index in [-0.39, 0.29) is 0 Å². The Bertz CT molecular complexity index is 1420. The summed E-state index contributed by atoms with van der Waals surface area (Å²) in [6, 6.07) is 30.2. The van der Waals surface area contributed by atoms with Gasteiger partial charge in [0.05, 0.1) is 5.52 Å². The number of fused-ring (bicyclic) bond motifs is 6. The molecule has 0 atom stereocenters. The Kier molecular flexibility index (Phi) is 2.64. The molecule has 2 heterocycles. The van der Waals surface area contributed by atoms with Gasteiger partial charge in [-0.3, -0.25) is 0 Å². The predicted octanol–water partition coefficient (Wildman–Crippen LogP) is 6.42. The number of benzene rings is 4. The third kappa shape index (κ3) is 1.81. The van der Waals surface area contributed by atoms with Crippen LogP contribution in [0.25, 0.3) is 49.2 Å². The number of nitrogens with one attached hydrogen (secondary N) is 1. The molecule has 2 heteroatoms. The maximum atomic E-state index is 3.62. The number of aromatic nitrogens is 2. The molecule has 0 bridgehead atoms. The van der Waals surface area contributed by atoms with Crippen LogP contribution in [0.3, 0.4) is 0 Å². The van der Waals surface area contributed by atoms with Crippen molar-refractivity contribution in [2.75, 3.05) is 0 Å². The van der Waals surface area contributed by atoms with E-state index in [1.807, 2.05) is 0 Å². The van der Waals surface area contributed by atoms with E-state index in [1.54, 1.807) is 0 Å². The van der Waals surface area contributed by atoms with Crippen molar-refractivity contribution in [2.24, 2.45) is 0 Å². The van der Waals surface area contributed by atoms with Crippen LogP contribution in [-0.2, 0) is 0 Å². The molecule has 2 nitrogen and oxygen atoms in total. The average Bonchev–Trinajstić information content (AvgIpc) is 3.27. The van der Waals surface area contributed by atoms with Crippen molar-refractivity contribution in [3.8, 4) is 5.69 Å². The molecule has 0 radical (unpaired) electrons. The summed E-state index contributed by atoms with van der Waals surface area (Å²) in [5, 5.41) is 6.37. The van der Waals surface area contributed by atoms with Crippen molar-refractivity contribution in [2.45, 2.75) is 0 Å². The Morgan fingerprint density at radius 3 is 2.23 bits per heavy atom. The monoisotopic (exact) mass is 332 g/mol. The molecule has 6 rings (SSSR count). The van der Waals surface area contributed by atoms with Gasteiger partial charge in [-0.1, -0.05) is 48.5 Å². The zero-order valence-electron chi connectivity index (χ0n) is 14.1. The van der Waals surface area contributed by atoms with Crippen LogP contribution in [0.15, 0.2) is 91.1 Å². The Morgan fingerprint density at radius 2 is 1.38 bits per heavy atom. The molecule has 0 amide bonds. The van der Waals surface area contributed by atoms with Crippen LogP contribution in [0.4, 0.5) is 0 Å². The molecule has 26 heavy (non-hydrogen) atoms. The van der Waals surface area contributed by atoms with Crippen molar-refractivity contribution >= 4 is 43.5 Å². The summed E-state index contributed by atoms with van der Waals surface area (Å²) in [6.07, 6.45) is 2.17. The van der Waals surface area contributed by atoms with Crippen LogP contribution in [-0.4, -0.2) is 9.55 Å². The molecule has 0 unspecified atom stereocenters. The van der Waals surface area contributed by atoms with E-state index in [1.165, 1.54) is 49.2 Å². The smallest absolute Gasteiger partial charge is 0.0628 e. The van der Waals surface area contributed by atoms with Crippen LogP contribution >= 0.6 is 0 Å². The zero-order valence-corrected chi connectivity index (χ0v) is 14.1. The highest BCUT2D eigenvalue weighted by Gasteiger charge is 2.13. The van der Waals surface area contributed by atoms with E-state index in [0.29, 0.717) is 0 Å². The lowest BCUT2D eigenvalue weighted by Gasteiger charge is -2.07. The van der Waals surface area contributed by atoms with Gasteiger partial charge in [-0.15, -0.1) is 0 Å². The van der Waals surface area contributed by atoms with Crippen molar-refractivity contribution < 1.29 is 0 Å². The zero-order chi connectivity index (χ0) is 17.1. The van der Waals surface area contributed by atoms with Crippen LogP contribution in [0.2, 0.25) is 0 Å². The summed E-state index contributed by atoms with van der Waals surface area (Å²) in [7, 11) is 0. The molecule has 0 aliphatic carbocycles. The fourth-order valence-electron chi connectivity index (χ4n) is 4.11. The highest BCUT2D eigenvalue weighted by Crippen LogP contribution is 2.35. The summed E-state index contributed by atoms with van der Waals surface area (Å²) in [4.78, 5) is 3.62. The largest absolute Gasteiger partial charge is 0.354 e. The number of hydrogen-bond acceptors (Lipinski definition) is 0. The van der Waals surface area contributed by atoms with Gasteiger partial charge in [0.1, 0.15) is 0 Å². The summed E-state index contributed by atoms with van der Waals surface area (Å²) in [5.74, 6) is 0. The van der Waals surface area contributed by atoms with Gasteiger partial charge in [0.15, 0.2) is 0 Å². The van der Waals surface area contributed by atoms with E-state index in [2.05, 4.69) is 101 Å². The minimum Gasteiger partial charge on any atom is -0.354 e. The lowest BCUT2D eigenvalue weighted by Crippen LogP contribution is -1.91. The Morgan fingerprint density at radius 1 is 0.615 bits per heavy atom. The first-order valence-electron chi connectivity index (χ1n) is 8.88. The maximum absolute atomic E-state index is 3.62. The lowest BCUT2D eigenvalue weighted by molar-refractivity contribution is 1.13. The highest BCUT2D eigenvalue weighted by molar-refractivity contribution is 6.21. The van der Waals surface area contributed by atoms with Gasteiger partial charge in [-0.05, 0) is 47.2 Å². The molecule has 0 saturated carbocycles. The van der Waals surface area contributed by atoms with E-state index in [4.69, 9.17) is 0 Å². The van der Waals surface area contributed by atoms with E-state index < -0.39 is 0 Å². The summed E-state index contributed by atoms with van der Waals surface area (Å²) < 4.78 is 2.29. The minimum absolute atomic E-state index is 1.18. The average molecular weight is 332 g/mol. The molecule has 0 saturated heterocycles. The van der Waals surface area contributed by atoms with Gasteiger partial charge in [0.25, 0.3) is 0 Å². The fourth-order valence-corrected chi connectivity index (χ4v) is 4.11. The van der Waals surface area contributed by atoms with Gasteiger partial charge in [-0.2, -0.15) is 0 Å². The topological polar surface area (TPSA) is 20.7 Å². The molecule has 0 fully saturated rings. The standard InChI is InChI=1S/C24H16N2/c1-2-8-19(9-3-1)26-13-12-16-10-11-21-23(24(16)26)20-14-17-6-4-5-7-18(17)15-22(20)25-21/h1-15,25H. The second kappa shape index (κ2) is 4.99. The number of nitrogens with zero attached hydrogens (tertiary/aromatic N) is 1. The Balaban J connectivity index is 1.82. The fraction of sp³-hybridized carbons (Fsp3) is 0. The quantitative estimate of drug-likeness (QED) is 0.359. The second-order valence-corrected chi connectivity index (χ2v) is 6.82. The molecule has 4 aromatic carbocycles. The van der Waals surface area contributed by atoms with Crippen molar-refractivity contribution in [3.63, 3.8) is 0 Å². The third-order valence-corrected chi connectivity index (χ3v) is 5.31. The first-order valence-corrected chi connectivity index (χ1v) is 8.88. The lowest BCUT2D eigenvalue weighted by atomic mass is 10.0. The molecular formula is C24H16N2. The molecule has 1 N–H and O–H groups in total. The van der Waals surface area contributed by atoms with Crippen LogP contribution in [0.5, 0.6) is 0 Å². The van der Waals surface area contributed by atoms with Gasteiger partial charge in [0, 0.05) is 39.1 Å². The number of para-hydroxylation sites is 1. The summed E-state index contributed by atoms with van der Waals surface area (Å²) >= 11 is 0. The molecule has 0 aliphatic rings. The van der Waals surface area contributed by atoms with Gasteiger partial charge < -0.3 is 9.55 Å². The van der Waals surface area contributed by atoms with E-state index >= 15 is 0 Å². The Hall–Kier alpha value is -3.52. The first kappa shape index (κ1) is 13.7. The molecular weight excluding hydrogens is 316 g/mol. The molecule has 122 valence electrons. The first-order chi connectivity index (χ1) is 12.9. The highest BCUT2D eigenvalue weighted by atomic mass is 15.0. The number of H-pyrrole nitrogens is 1. The van der Waals surface area contributed by atoms with Crippen LogP contribution in [0, 0.1) is 0 Å². The molecule has 6 aromatic rings. The minimum atomic E-state index is 1.18. The molecule has 2 aromatic heterocycles. The second-order valence-electron chi connectivity index (χ2n) is 6.82. The number of aromatic amines is 1. The normalized spacial score (nSPS) is 11.8. The van der Waals surface area contributed by atoms with Crippen LogP contribution < -0.4 is 0 Å². The molecule has 0 spiro atoms. The van der Waals surface area contributed by atoms with Crippen molar-refractivity contribution in [1.82, 2.24) is 9.55 Å². The van der Waals surface area contributed by atoms with Crippen LogP contribution in [0.1, 0.15) is 0 Å². The van der Waals surface area contributed by atoms with Gasteiger partial charge in [0.2, 0.25) is 0 Å². The maximum Gasteiger partial charge on any atom is 0.0628 e. The van der Waals surface area contributed by atoms with Gasteiger partial charge >= 0.3 is 0 Å². The third-order valence-electron chi connectivity index (χ3n) is 5.31. The van der Waals surface area contributed by atoms with Gasteiger partial charge in [-0.25, -0.2) is 0 Å². The van der Waals surface area contributed by atoms with Crippen molar-refractivity contribution in [3.05, 3.63) is 91.1 Å². The van der Waals surface area contributed by atoms with E-state index in [0.717, 1.165) is 0 Å². The SMILES string of the molecule is c1ccc(-n2ccc3ccc4[nH]c5cc6ccccc6cc5c4c32)cc1. The summed E-state index contributed by atoms with van der Waals surface area (Å²) in [6.45, 7) is 0. The van der Waals surface area contributed by atoms with Crippen molar-refractivity contribution in [1.29, 1.82) is 0 Å². The number of hydrogen-bond donors (Lipinski definition) is 1. The summed E-state index contributed by atoms with van der Waals surface area (Å²) in [5.41, 5.74) is 4.81. The number of rotatable bonds is 1. The molecule has 0 aliphatic heterocycles.